The van der Waals surface area contributed by atoms with Crippen molar-refractivity contribution in [1.82, 2.24) is 0 Å². The molecule has 78 heavy (non-hydrogen) atoms. The van der Waals surface area contributed by atoms with Gasteiger partial charge >= 0.3 is 17.9 Å². The molecule has 0 amide bonds. The summed E-state index contributed by atoms with van der Waals surface area (Å²) in [7, 11) is 0. The van der Waals surface area contributed by atoms with Crippen LogP contribution in [0.2, 0.25) is 0 Å². The predicted molar refractivity (Wildman–Crippen MR) is 339 cm³/mol. The van der Waals surface area contributed by atoms with Crippen LogP contribution in [0.3, 0.4) is 0 Å². The molecule has 0 N–H and O–H groups in total. The molecule has 0 spiro atoms. The van der Waals surface area contributed by atoms with Gasteiger partial charge in [-0.15, -0.1) is 0 Å². The molecule has 0 aromatic rings. The number of esters is 3. The van der Waals surface area contributed by atoms with Crippen molar-refractivity contribution in [3.63, 3.8) is 0 Å². The van der Waals surface area contributed by atoms with E-state index < -0.39 is 6.10 Å². The molecule has 0 bridgehead atoms. The standard InChI is InChI=1S/C72H132O6/c1-4-7-10-13-16-19-22-24-26-28-29-30-31-32-33-34-35-36-37-38-39-40-41-42-43-45-46-48-50-53-56-59-62-65-71(74)77-68-69(67-76-70(73)64-61-58-55-52-21-18-15-12-9-6-3)78-72(75)66-63-60-57-54-51-49-47-44-27-25-23-20-17-14-11-8-5-2/h8,11,17,20,25,27-29,69H,4-7,9-10,12-16,18-19,21-24,26,30-68H2,1-3H3/b11-8-,20-17-,27-25-,29-28-. The molecule has 0 aromatic carbocycles. The summed E-state index contributed by atoms with van der Waals surface area (Å²) in [6, 6.07) is 0. The first-order chi connectivity index (χ1) is 38.5. The average molecular weight is 1090 g/mol. The van der Waals surface area contributed by atoms with Gasteiger partial charge in [0.1, 0.15) is 13.2 Å². The quantitative estimate of drug-likeness (QED) is 0.0261. The van der Waals surface area contributed by atoms with Crippen LogP contribution in [0, 0.1) is 0 Å². The van der Waals surface area contributed by atoms with Crippen molar-refractivity contribution in [2.75, 3.05) is 13.2 Å². The number of carbonyl (C=O) groups excluding carboxylic acids is 3. The Balaban J connectivity index is 4.05. The number of hydrogen-bond donors (Lipinski definition) is 0. The molecular weight excluding hydrogens is 961 g/mol. The van der Waals surface area contributed by atoms with Crippen molar-refractivity contribution < 1.29 is 28.6 Å². The zero-order valence-corrected chi connectivity index (χ0v) is 52.5. The Morgan fingerprint density at radius 2 is 0.500 bits per heavy atom. The maximum atomic E-state index is 12.9. The van der Waals surface area contributed by atoms with Crippen LogP contribution >= 0.6 is 0 Å². The largest absolute Gasteiger partial charge is 0.462 e. The molecule has 0 aliphatic rings. The summed E-state index contributed by atoms with van der Waals surface area (Å²) >= 11 is 0. The molecule has 6 heteroatoms. The van der Waals surface area contributed by atoms with Crippen LogP contribution in [0.1, 0.15) is 374 Å². The molecule has 0 aliphatic heterocycles. The molecule has 456 valence electrons. The minimum atomic E-state index is -0.775. The molecule has 0 fully saturated rings. The third-order valence-corrected chi connectivity index (χ3v) is 15.6. The van der Waals surface area contributed by atoms with E-state index in [2.05, 4.69) is 69.4 Å². The predicted octanol–water partition coefficient (Wildman–Crippen LogP) is 23.7. The zero-order chi connectivity index (χ0) is 56.4. The lowest BCUT2D eigenvalue weighted by molar-refractivity contribution is -0.167. The molecule has 1 unspecified atom stereocenters. The van der Waals surface area contributed by atoms with Gasteiger partial charge < -0.3 is 14.2 Å². The number of hydrogen-bond acceptors (Lipinski definition) is 6. The minimum absolute atomic E-state index is 0.0725. The van der Waals surface area contributed by atoms with Gasteiger partial charge in [-0.05, 0) is 77.0 Å². The van der Waals surface area contributed by atoms with E-state index in [0.29, 0.717) is 19.3 Å². The van der Waals surface area contributed by atoms with Crippen LogP contribution in [0.15, 0.2) is 48.6 Å². The van der Waals surface area contributed by atoms with E-state index in [4.69, 9.17) is 14.2 Å². The Bertz CT molecular complexity index is 1350. The number of rotatable bonds is 64. The normalized spacial score (nSPS) is 12.3. The fourth-order valence-corrected chi connectivity index (χ4v) is 10.4. The van der Waals surface area contributed by atoms with Crippen LogP contribution in [-0.2, 0) is 28.6 Å². The summed E-state index contributed by atoms with van der Waals surface area (Å²) in [5, 5.41) is 0. The fraction of sp³-hybridized carbons (Fsp3) is 0.847. The van der Waals surface area contributed by atoms with Gasteiger partial charge in [0, 0.05) is 19.3 Å². The summed E-state index contributed by atoms with van der Waals surface area (Å²) in [6.07, 6.45) is 84.5. The summed E-state index contributed by atoms with van der Waals surface area (Å²) in [6.45, 7) is 6.56. The number of unbranched alkanes of at least 4 members (excludes halogenated alkanes) is 45. The van der Waals surface area contributed by atoms with Gasteiger partial charge in [-0.25, -0.2) is 0 Å². The van der Waals surface area contributed by atoms with E-state index in [1.807, 2.05) is 0 Å². The molecule has 0 aliphatic carbocycles. The van der Waals surface area contributed by atoms with Crippen LogP contribution in [0.25, 0.3) is 0 Å². The van der Waals surface area contributed by atoms with Crippen molar-refractivity contribution in [1.29, 1.82) is 0 Å². The second-order valence-corrected chi connectivity index (χ2v) is 23.4. The summed E-state index contributed by atoms with van der Waals surface area (Å²) in [5.41, 5.74) is 0. The zero-order valence-electron chi connectivity index (χ0n) is 52.5. The van der Waals surface area contributed by atoms with Crippen molar-refractivity contribution in [3.8, 4) is 0 Å². The molecule has 0 saturated carbocycles. The Kier molecular flexibility index (Phi) is 64.6. The van der Waals surface area contributed by atoms with E-state index in [0.717, 1.165) is 83.5 Å². The van der Waals surface area contributed by atoms with E-state index in [-0.39, 0.29) is 31.1 Å². The smallest absolute Gasteiger partial charge is 0.306 e. The molecule has 0 aromatic heterocycles. The third-order valence-electron chi connectivity index (χ3n) is 15.6. The summed E-state index contributed by atoms with van der Waals surface area (Å²) in [5.74, 6) is -0.862. The van der Waals surface area contributed by atoms with Crippen molar-refractivity contribution in [2.45, 2.75) is 380 Å². The summed E-state index contributed by atoms with van der Waals surface area (Å²) in [4.78, 5) is 38.2. The molecule has 1 atom stereocenters. The van der Waals surface area contributed by atoms with Crippen molar-refractivity contribution in [2.24, 2.45) is 0 Å². The molecule has 0 radical (unpaired) electrons. The topological polar surface area (TPSA) is 78.9 Å². The van der Waals surface area contributed by atoms with Crippen molar-refractivity contribution in [3.05, 3.63) is 48.6 Å². The first kappa shape index (κ1) is 75.4. The Labute approximate surface area is 486 Å². The van der Waals surface area contributed by atoms with E-state index in [9.17, 15) is 14.4 Å². The molecule has 0 heterocycles. The minimum Gasteiger partial charge on any atom is -0.462 e. The number of ether oxygens (including phenoxy) is 3. The number of carbonyl (C=O) groups is 3. The van der Waals surface area contributed by atoms with Gasteiger partial charge in [0.2, 0.25) is 0 Å². The average Bonchev–Trinajstić information content (AvgIpc) is 3.44. The lowest BCUT2D eigenvalue weighted by Gasteiger charge is -2.18. The van der Waals surface area contributed by atoms with Crippen LogP contribution in [0.5, 0.6) is 0 Å². The van der Waals surface area contributed by atoms with Crippen LogP contribution in [-0.4, -0.2) is 37.2 Å². The maximum Gasteiger partial charge on any atom is 0.306 e. The lowest BCUT2D eigenvalue weighted by Crippen LogP contribution is -2.30. The van der Waals surface area contributed by atoms with Gasteiger partial charge in [0.05, 0.1) is 0 Å². The monoisotopic (exact) mass is 1090 g/mol. The summed E-state index contributed by atoms with van der Waals surface area (Å²) < 4.78 is 16.9. The Morgan fingerprint density at radius 3 is 0.795 bits per heavy atom. The van der Waals surface area contributed by atoms with Crippen molar-refractivity contribution >= 4 is 17.9 Å². The van der Waals surface area contributed by atoms with E-state index >= 15 is 0 Å². The molecular formula is C72H132O6. The first-order valence-corrected chi connectivity index (χ1v) is 34.6. The Hall–Kier alpha value is -2.63. The van der Waals surface area contributed by atoms with Gasteiger partial charge in [-0.1, -0.05) is 326 Å². The van der Waals surface area contributed by atoms with Gasteiger partial charge in [-0.2, -0.15) is 0 Å². The fourth-order valence-electron chi connectivity index (χ4n) is 10.4. The second-order valence-electron chi connectivity index (χ2n) is 23.4. The van der Waals surface area contributed by atoms with E-state index in [1.165, 1.54) is 250 Å². The van der Waals surface area contributed by atoms with Gasteiger partial charge in [0.15, 0.2) is 6.10 Å². The van der Waals surface area contributed by atoms with Crippen LogP contribution < -0.4 is 0 Å². The SMILES string of the molecule is CC/C=C\C/C=C\C/C=C\CCCCCCCCCC(=O)OC(COC(=O)CCCCCCCCCCCC)COC(=O)CCCCCCCCCCCCCCCCCCCCCCC/C=C\CCCCCCCCCC. The molecule has 0 rings (SSSR count). The molecule has 6 nitrogen and oxygen atoms in total. The maximum absolute atomic E-state index is 12.9. The molecule has 0 saturated heterocycles. The van der Waals surface area contributed by atoms with Gasteiger partial charge in [-0.3, -0.25) is 14.4 Å². The number of allylic oxidation sites excluding steroid dienone is 8. The Morgan fingerprint density at radius 1 is 0.269 bits per heavy atom. The highest BCUT2D eigenvalue weighted by molar-refractivity contribution is 5.71. The highest BCUT2D eigenvalue weighted by Crippen LogP contribution is 2.18. The first-order valence-electron chi connectivity index (χ1n) is 34.6. The van der Waals surface area contributed by atoms with Crippen LogP contribution in [0.4, 0.5) is 0 Å². The lowest BCUT2D eigenvalue weighted by atomic mass is 10.0. The third kappa shape index (κ3) is 64.2. The highest BCUT2D eigenvalue weighted by atomic mass is 16.6. The van der Waals surface area contributed by atoms with E-state index in [1.54, 1.807) is 0 Å². The highest BCUT2D eigenvalue weighted by Gasteiger charge is 2.19. The van der Waals surface area contributed by atoms with Gasteiger partial charge in [0.25, 0.3) is 0 Å². The second kappa shape index (κ2) is 66.9.